The zero-order chi connectivity index (χ0) is 22.5. The number of aryl methyl sites for hydroxylation is 1. The molecule has 8 nitrogen and oxygen atoms in total. The second-order valence-electron chi connectivity index (χ2n) is 6.71. The molecule has 0 atom stereocenters. The molecule has 0 bridgehead atoms. The molecule has 0 radical (unpaired) electrons. The third kappa shape index (κ3) is 5.03. The number of nitro groups is 1. The van der Waals surface area contributed by atoms with E-state index in [-0.39, 0.29) is 17.3 Å². The number of nitro benzene ring substituents is 1. The van der Waals surface area contributed by atoms with Crippen molar-refractivity contribution in [1.82, 2.24) is 0 Å². The van der Waals surface area contributed by atoms with Gasteiger partial charge in [0, 0.05) is 17.2 Å². The standard InChI is InChI=1S/C22H21ClN2O6/c1-4-8-30-20-16(23)9-14(11-19(20)29-5-2)10-17-22(26)31-21(24-17)15-7-6-13(3)18(12-15)25(27)28/h6-7,9-12H,4-5,8H2,1-3H3/b17-10-. The molecule has 0 amide bonds. The molecule has 162 valence electrons. The van der Waals surface area contributed by atoms with Crippen LogP contribution < -0.4 is 9.47 Å². The van der Waals surface area contributed by atoms with Crippen molar-refractivity contribution in [2.45, 2.75) is 27.2 Å². The van der Waals surface area contributed by atoms with Crippen LogP contribution in [0, 0.1) is 17.0 Å². The van der Waals surface area contributed by atoms with E-state index in [9.17, 15) is 14.9 Å². The van der Waals surface area contributed by atoms with Gasteiger partial charge in [0.15, 0.2) is 17.2 Å². The van der Waals surface area contributed by atoms with E-state index in [1.807, 2.05) is 13.8 Å². The molecule has 3 rings (SSSR count). The molecule has 1 heterocycles. The van der Waals surface area contributed by atoms with Crippen LogP contribution >= 0.6 is 11.6 Å². The number of nitrogens with zero attached hydrogens (tertiary/aromatic N) is 2. The molecular formula is C22H21ClN2O6. The van der Waals surface area contributed by atoms with E-state index in [1.54, 1.807) is 31.2 Å². The Labute approximate surface area is 184 Å². The summed E-state index contributed by atoms with van der Waals surface area (Å²) >= 11 is 6.36. The summed E-state index contributed by atoms with van der Waals surface area (Å²) in [5.41, 5.74) is 1.37. The Hall–Kier alpha value is -3.39. The van der Waals surface area contributed by atoms with Gasteiger partial charge in [-0.15, -0.1) is 0 Å². The number of halogens is 1. The van der Waals surface area contributed by atoms with Crippen molar-refractivity contribution in [3.8, 4) is 11.5 Å². The summed E-state index contributed by atoms with van der Waals surface area (Å²) in [6.45, 7) is 6.35. The number of carbonyl (C=O) groups is 1. The summed E-state index contributed by atoms with van der Waals surface area (Å²) in [7, 11) is 0. The van der Waals surface area contributed by atoms with Crippen LogP contribution in [-0.4, -0.2) is 30.0 Å². The zero-order valence-corrected chi connectivity index (χ0v) is 18.1. The van der Waals surface area contributed by atoms with Gasteiger partial charge in [-0.3, -0.25) is 10.1 Å². The van der Waals surface area contributed by atoms with Crippen LogP contribution in [0.1, 0.15) is 37.0 Å². The van der Waals surface area contributed by atoms with Gasteiger partial charge in [-0.1, -0.05) is 24.6 Å². The fourth-order valence-corrected chi connectivity index (χ4v) is 3.18. The molecule has 0 saturated heterocycles. The summed E-state index contributed by atoms with van der Waals surface area (Å²) in [5, 5.41) is 11.5. The molecule has 1 aliphatic rings. The minimum Gasteiger partial charge on any atom is -0.490 e. The summed E-state index contributed by atoms with van der Waals surface area (Å²) in [6.07, 6.45) is 2.32. The van der Waals surface area contributed by atoms with Crippen LogP contribution in [0.2, 0.25) is 5.02 Å². The Morgan fingerprint density at radius 3 is 2.68 bits per heavy atom. The molecule has 2 aromatic carbocycles. The fraction of sp³-hybridized carbons (Fsp3) is 0.273. The molecular weight excluding hydrogens is 424 g/mol. The number of cyclic esters (lactones) is 1. The Morgan fingerprint density at radius 1 is 1.23 bits per heavy atom. The van der Waals surface area contributed by atoms with E-state index >= 15 is 0 Å². The molecule has 0 spiro atoms. The summed E-state index contributed by atoms with van der Waals surface area (Å²) in [4.78, 5) is 27.2. The molecule has 0 N–H and O–H groups in total. The third-order valence-electron chi connectivity index (χ3n) is 4.36. The first-order chi connectivity index (χ1) is 14.8. The highest BCUT2D eigenvalue weighted by atomic mass is 35.5. The number of benzene rings is 2. The predicted octanol–water partition coefficient (Wildman–Crippen LogP) is 5.09. The van der Waals surface area contributed by atoms with Crippen LogP contribution in [0.5, 0.6) is 11.5 Å². The highest BCUT2D eigenvalue weighted by molar-refractivity contribution is 6.32. The Balaban J connectivity index is 1.96. The second kappa shape index (κ2) is 9.61. The molecule has 0 aliphatic carbocycles. The smallest absolute Gasteiger partial charge is 0.363 e. The Kier molecular flexibility index (Phi) is 6.91. The predicted molar refractivity (Wildman–Crippen MR) is 117 cm³/mol. The number of aliphatic imine (C=N–C) groups is 1. The van der Waals surface area contributed by atoms with E-state index in [4.69, 9.17) is 25.8 Å². The van der Waals surface area contributed by atoms with Crippen molar-refractivity contribution in [3.63, 3.8) is 0 Å². The first-order valence-corrected chi connectivity index (χ1v) is 10.1. The average molecular weight is 445 g/mol. The quantitative estimate of drug-likeness (QED) is 0.243. The lowest BCUT2D eigenvalue weighted by Crippen LogP contribution is -2.06. The molecule has 0 fully saturated rings. The topological polar surface area (TPSA) is 100 Å². The van der Waals surface area contributed by atoms with Crippen LogP contribution in [-0.2, 0) is 9.53 Å². The fourth-order valence-electron chi connectivity index (χ4n) is 2.91. The van der Waals surface area contributed by atoms with Crippen LogP contribution in [0.15, 0.2) is 41.0 Å². The van der Waals surface area contributed by atoms with Gasteiger partial charge < -0.3 is 14.2 Å². The lowest BCUT2D eigenvalue weighted by Gasteiger charge is -2.14. The highest BCUT2D eigenvalue weighted by Crippen LogP contribution is 2.37. The van der Waals surface area contributed by atoms with Gasteiger partial charge in [-0.05, 0) is 50.1 Å². The molecule has 1 aliphatic heterocycles. The summed E-state index contributed by atoms with van der Waals surface area (Å²) in [6, 6.07) is 7.86. The lowest BCUT2D eigenvalue weighted by atomic mass is 10.1. The van der Waals surface area contributed by atoms with E-state index in [0.29, 0.717) is 46.4 Å². The monoisotopic (exact) mass is 444 g/mol. The number of esters is 1. The van der Waals surface area contributed by atoms with Crippen molar-refractivity contribution < 1.29 is 23.9 Å². The summed E-state index contributed by atoms with van der Waals surface area (Å²) in [5.74, 6) is 0.231. The maximum absolute atomic E-state index is 12.3. The second-order valence-corrected chi connectivity index (χ2v) is 7.11. The summed E-state index contributed by atoms with van der Waals surface area (Å²) < 4.78 is 16.5. The van der Waals surface area contributed by atoms with Crippen LogP contribution in [0.25, 0.3) is 6.08 Å². The first kappa shape index (κ1) is 22.3. The average Bonchev–Trinajstić information content (AvgIpc) is 3.08. The molecule has 9 heteroatoms. The Morgan fingerprint density at radius 2 is 2.00 bits per heavy atom. The largest absolute Gasteiger partial charge is 0.490 e. The number of hydrogen-bond donors (Lipinski definition) is 0. The number of rotatable bonds is 8. The molecule has 0 aromatic heterocycles. The van der Waals surface area contributed by atoms with Crippen molar-refractivity contribution in [2.75, 3.05) is 13.2 Å². The van der Waals surface area contributed by atoms with E-state index in [2.05, 4.69) is 4.99 Å². The minimum absolute atomic E-state index is 0.00150. The van der Waals surface area contributed by atoms with E-state index in [0.717, 1.165) is 6.42 Å². The molecule has 0 saturated carbocycles. The van der Waals surface area contributed by atoms with Crippen molar-refractivity contribution >= 4 is 35.2 Å². The van der Waals surface area contributed by atoms with Gasteiger partial charge in [0.25, 0.3) is 5.69 Å². The van der Waals surface area contributed by atoms with E-state index in [1.165, 1.54) is 12.1 Å². The lowest BCUT2D eigenvalue weighted by molar-refractivity contribution is -0.385. The maximum atomic E-state index is 12.3. The first-order valence-electron chi connectivity index (χ1n) is 9.71. The third-order valence-corrected chi connectivity index (χ3v) is 4.64. The van der Waals surface area contributed by atoms with Gasteiger partial charge >= 0.3 is 5.97 Å². The van der Waals surface area contributed by atoms with Gasteiger partial charge in [0.1, 0.15) is 0 Å². The van der Waals surface area contributed by atoms with E-state index < -0.39 is 10.9 Å². The van der Waals surface area contributed by atoms with Crippen molar-refractivity contribution in [1.29, 1.82) is 0 Å². The van der Waals surface area contributed by atoms with Gasteiger partial charge in [-0.25, -0.2) is 9.79 Å². The molecule has 2 aromatic rings. The normalized spacial score (nSPS) is 14.4. The minimum atomic E-state index is -0.668. The van der Waals surface area contributed by atoms with Crippen LogP contribution in [0.4, 0.5) is 5.69 Å². The zero-order valence-electron chi connectivity index (χ0n) is 17.3. The molecule has 31 heavy (non-hydrogen) atoms. The number of ether oxygens (including phenoxy) is 3. The van der Waals surface area contributed by atoms with Gasteiger partial charge in [0.2, 0.25) is 5.90 Å². The highest BCUT2D eigenvalue weighted by Gasteiger charge is 2.26. The van der Waals surface area contributed by atoms with Crippen LogP contribution in [0.3, 0.4) is 0 Å². The SMILES string of the molecule is CCCOc1c(Cl)cc(/C=C2\N=C(c3ccc(C)c([N+](=O)[O-])c3)OC2=O)cc1OCC. The Bertz CT molecular complexity index is 1090. The van der Waals surface area contributed by atoms with Gasteiger partial charge in [-0.2, -0.15) is 0 Å². The maximum Gasteiger partial charge on any atom is 0.363 e. The van der Waals surface area contributed by atoms with Gasteiger partial charge in [0.05, 0.1) is 23.2 Å². The van der Waals surface area contributed by atoms with Crippen molar-refractivity contribution in [3.05, 3.63) is 67.9 Å². The number of hydrogen-bond acceptors (Lipinski definition) is 7. The number of carbonyl (C=O) groups excluding carboxylic acids is 1. The molecule has 0 unspecified atom stereocenters. The van der Waals surface area contributed by atoms with Crippen molar-refractivity contribution in [2.24, 2.45) is 4.99 Å².